The Morgan fingerprint density at radius 1 is 1.40 bits per heavy atom. The largest absolute Gasteiger partial charge is 0.478 e. The van der Waals surface area contributed by atoms with Crippen molar-refractivity contribution in [3.8, 4) is 0 Å². The summed E-state index contributed by atoms with van der Waals surface area (Å²) < 4.78 is 2.01. The zero-order valence-corrected chi connectivity index (χ0v) is 12.1. The summed E-state index contributed by atoms with van der Waals surface area (Å²) in [6.45, 7) is 6.60. The lowest BCUT2D eigenvalue weighted by molar-refractivity contribution is 0.0699. The van der Waals surface area contributed by atoms with E-state index in [1.807, 2.05) is 31.4 Å². The Balaban J connectivity index is 2.64. The SMILES string of the molecule is CCc1nc2c(C(=O)O)cccc2n1CC(C)(C)CO. The molecule has 0 unspecified atom stereocenters. The van der Waals surface area contributed by atoms with Crippen molar-refractivity contribution in [3.63, 3.8) is 0 Å². The summed E-state index contributed by atoms with van der Waals surface area (Å²) in [6.07, 6.45) is 0.718. The van der Waals surface area contributed by atoms with Crippen LogP contribution in [0.5, 0.6) is 0 Å². The van der Waals surface area contributed by atoms with Crippen LogP contribution in [0, 0.1) is 5.41 Å². The second kappa shape index (κ2) is 5.25. The van der Waals surface area contributed by atoms with Gasteiger partial charge in [-0.05, 0) is 12.1 Å². The third-order valence-corrected chi connectivity index (χ3v) is 3.42. The number of carbonyl (C=O) groups is 1. The maximum Gasteiger partial charge on any atom is 0.337 e. The number of para-hydroxylation sites is 1. The Morgan fingerprint density at radius 2 is 2.10 bits per heavy atom. The van der Waals surface area contributed by atoms with E-state index in [-0.39, 0.29) is 17.6 Å². The molecule has 0 bridgehead atoms. The molecular weight excluding hydrogens is 256 g/mol. The summed E-state index contributed by atoms with van der Waals surface area (Å²) in [6, 6.07) is 5.18. The highest BCUT2D eigenvalue weighted by molar-refractivity contribution is 6.01. The van der Waals surface area contributed by atoms with Gasteiger partial charge in [-0.3, -0.25) is 0 Å². The lowest BCUT2D eigenvalue weighted by Gasteiger charge is -2.23. The fourth-order valence-electron chi connectivity index (χ4n) is 2.29. The van der Waals surface area contributed by atoms with Gasteiger partial charge in [-0.25, -0.2) is 9.78 Å². The molecule has 0 fully saturated rings. The van der Waals surface area contributed by atoms with Crippen LogP contribution in [-0.4, -0.2) is 32.3 Å². The highest BCUT2D eigenvalue weighted by Crippen LogP contribution is 2.25. The molecule has 0 saturated heterocycles. The molecule has 1 aromatic heterocycles. The Labute approximate surface area is 117 Å². The normalized spacial score (nSPS) is 12.0. The number of aromatic nitrogens is 2. The molecule has 0 aliphatic heterocycles. The average molecular weight is 276 g/mol. The number of nitrogens with zero attached hydrogens (tertiary/aromatic N) is 2. The predicted molar refractivity (Wildman–Crippen MR) is 76.9 cm³/mol. The van der Waals surface area contributed by atoms with Crippen molar-refractivity contribution in [3.05, 3.63) is 29.6 Å². The van der Waals surface area contributed by atoms with Crippen molar-refractivity contribution in [2.24, 2.45) is 5.41 Å². The quantitative estimate of drug-likeness (QED) is 0.878. The number of benzene rings is 1. The number of aryl methyl sites for hydroxylation is 1. The van der Waals surface area contributed by atoms with Gasteiger partial charge in [0.15, 0.2) is 0 Å². The number of hydrogen-bond donors (Lipinski definition) is 2. The van der Waals surface area contributed by atoms with E-state index in [9.17, 15) is 15.0 Å². The fraction of sp³-hybridized carbons (Fsp3) is 0.467. The van der Waals surface area contributed by atoms with Crippen LogP contribution in [0.3, 0.4) is 0 Å². The minimum absolute atomic E-state index is 0.0639. The molecule has 5 nitrogen and oxygen atoms in total. The number of imidazole rings is 1. The standard InChI is InChI=1S/C15H20N2O3/c1-4-12-16-13-10(14(19)20)6-5-7-11(13)17(12)8-15(2,3)9-18/h5-7,18H,4,8-9H2,1-3H3,(H,19,20). The first kappa shape index (κ1) is 14.5. The van der Waals surface area contributed by atoms with Crippen molar-refractivity contribution in [2.75, 3.05) is 6.61 Å². The predicted octanol–water partition coefficient (Wildman–Crippen LogP) is 2.32. The topological polar surface area (TPSA) is 75.3 Å². The van der Waals surface area contributed by atoms with Gasteiger partial charge in [0.25, 0.3) is 0 Å². The Bertz CT molecular complexity index is 644. The number of rotatable bonds is 5. The molecule has 0 spiro atoms. The monoisotopic (exact) mass is 276 g/mol. The molecule has 0 amide bonds. The molecule has 0 radical (unpaired) electrons. The van der Waals surface area contributed by atoms with Crippen LogP contribution in [0.4, 0.5) is 0 Å². The van der Waals surface area contributed by atoms with Crippen molar-refractivity contribution in [1.29, 1.82) is 0 Å². The first-order chi connectivity index (χ1) is 9.39. The lowest BCUT2D eigenvalue weighted by Crippen LogP contribution is -2.24. The second-order valence-electron chi connectivity index (χ2n) is 5.77. The van der Waals surface area contributed by atoms with E-state index in [0.29, 0.717) is 12.1 Å². The maximum atomic E-state index is 11.3. The summed E-state index contributed by atoms with van der Waals surface area (Å²) in [4.78, 5) is 15.7. The van der Waals surface area contributed by atoms with Gasteiger partial charge in [0.05, 0.1) is 11.1 Å². The van der Waals surface area contributed by atoms with Gasteiger partial charge in [-0.1, -0.05) is 26.8 Å². The fourth-order valence-corrected chi connectivity index (χ4v) is 2.29. The molecule has 2 aromatic rings. The molecular formula is C15H20N2O3. The van der Waals surface area contributed by atoms with E-state index < -0.39 is 5.97 Å². The molecule has 0 aliphatic rings. The summed E-state index contributed by atoms with van der Waals surface area (Å²) in [5.41, 5.74) is 1.27. The number of aliphatic hydroxyl groups excluding tert-OH is 1. The van der Waals surface area contributed by atoms with Gasteiger partial charge in [0.1, 0.15) is 11.3 Å². The molecule has 5 heteroatoms. The molecule has 108 valence electrons. The number of aromatic carboxylic acids is 1. The van der Waals surface area contributed by atoms with Crippen molar-refractivity contribution < 1.29 is 15.0 Å². The Kier molecular flexibility index (Phi) is 3.81. The highest BCUT2D eigenvalue weighted by Gasteiger charge is 2.22. The Hall–Kier alpha value is -1.88. The van der Waals surface area contributed by atoms with E-state index >= 15 is 0 Å². The van der Waals surface area contributed by atoms with Crippen LogP contribution < -0.4 is 0 Å². The minimum Gasteiger partial charge on any atom is -0.478 e. The molecule has 20 heavy (non-hydrogen) atoms. The molecule has 0 aliphatic carbocycles. The summed E-state index contributed by atoms with van der Waals surface area (Å²) in [7, 11) is 0. The zero-order chi connectivity index (χ0) is 14.9. The zero-order valence-electron chi connectivity index (χ0n) is 12.1. The lowest BCUT2D eigenvalue weighted by atomic mass is 9.94. The van der Waals surface area contributed by atoms with Crippen LogP contribution in [0.1, 0.15) is 37.0 Å². The average Bonchev–Trinajstić information content (AvgIpc) is 2.76. The first-order valence-corrected chi connectivity index (χ1v) is 6.72. The third-order valence-electron chi connectivity index (χ3n) is 3.42. The molecule has 2 rings (SSSR count). The van der Waals surface area contributed by atoms with E-state index in [4.69, 9.17) is 0 Å². The van der Waals surface area contributed by atoms with Crippen LogP contribution >= 0.6 is 0 Å². The summed E-state index contributed by atoms with van der Waals surface area (Å²) >= 11 is 0. The summed E-state index contributed by atoms with van der Waals surface area (Å²) in [5, 5.41) is 18.7. The highest BCUT2D eigenvalue weighted by atomic mass is 16.4. The van der Waals surface area contributed by atoms with Gasteiger partial charge in [0, 0.05) is 25.0 Å². The third kappa shape index (κ3) is 2.54. The number of fused-ring (bicyclic) bond motifs is 1. The number of hydrogen-bond acceptors (Lipinski definition) is 3. The minimum atomic E-state index is -0.968. The van der Waals surface area contributed by atoms with Crippen molar-refractivity contribution >= 4 is 17.0 Å². The van der Waals surface area contributed by atoms with Crippen LogP contribution in [0.25, 0.3) is 11.0 Å². The Morgan fingerprint density at radius 3 is 2.65 bits per heavy atom. The van der Waals surface area contributed by atoms with Crippen LogP contribution in [0.2, 0.25) is 0 Å². The van der Waals surface area contributed by atoms with Gasteiger partial charge in [-0.2, -0.15) is 0 Å². The molecule has 1 heterocycles. The van der Waals surface area contributed by atoms with Gasteiger partial charge in [-0.15, -0.1) is 0 Å². The number of carboxylic acids is 1. The first-order valence-electron chi connectivity index (χ1n) is 6.72. The van der Waals surface area contributed by atoms with Crippen molar-refractivity contribution in [2.45, 2.75) is 33.7 Å². The van der Waals surface area contributed by atoms with Gasteiger partial charge < -0.3 is 14.8 Å². The smallest absolute Gasteiger partial charge is 0.337 e. The van der Waals surface area contributed by atoms with Gasteiger partial charge in [0.2, 0.25) is 0 Å². The van der Waals surface area contributed by atoms with E-state index in [0.717, 1.165) is 17.8 Å². The molecule has 0 saturated carbocycles. The second-order valence-corrected chi connectivity index (χ2v) is 5.77. The molecule has 2 N–H and O–H groups in total. The van der Waals surface area contributed by atoms with E-state index in [1.165, 1.54) is 0 Å². The maximum absolute atomic E-state index is 11.3. The van der Waals surface area contributed by atoms with Crippen molar-refractivity contribution in [1.82, 2.24) is 9.55 Å². The number of carboxylic acid groups (broad SMARTS) is 1. The molecule has 1 aromatic carbocycles. The van der Waals surface area contributed by atoms with Crippen LogP contribution in [0.15, 0.2) is 18.2 Å². The number of aliphatic hydroxyl groups is 1. The molecule has 0 atom stereocenters. The summed E-state index contributed by atoms with van der Waals surface area (Å²) in [5.74, 6) is -0.125. The van der Waals surface area contributed by atoms with Gasteiger partial charge >= 0.3 is 5.97 Å². The van der Waals surface area contributed by atoms with Crippen LogP contribution in [-0.2, 0) is 13.0 Å². The van der Waals surface area contributed by atoms with E-state index in [2.05, 4.69) is 4.98 Å². The van der Waals surface area contributed by atoms with E-state index in [1.54, 1.807) is 12.1 Å².